The molecule has 1 aromatic carbocycles. The second-order valence-electron chi connectivity index (χ2n) is 3.35. The van der Waals surface area contributed by atoms with Crippen LogP contribution in [0.15, 0.2) is 18.2 Å². The minimum Gasteiger partial charge on any atom is -0.291 e. The van der Waals surface area contributed by atoms with E-state index in [2.05, 4.69) is 0 Å². The van der Waals surface area contributed by atoms with E-state index in [9.17, 15) is 9.59 Å². The Morgan fingerprint density at radius 1 is 1.40 bits per heavy atom. The molecular formula is C11H8N2O2. The molecule has 1 aliphatic rings. The molecule has 1 aromatic rings. The maximum atomic E-state index is 11.5. The van der Waals surface area contributed by atoms with Crippen molar-refractivity contribution in [2.75, 3.05) is 11.4 Å². The first kappa shape index (κ1) is 9.41. The lowest BCUT2D eigenvalue weighted by Gasteiger charge is -2.13. The highest BCUT2D eigenvalue weighted by molar-refractivity contribution is 6.52. The van der Waals surface area contributed by atoms with Crippen LogP contribution in [0, 0.1) is 18.3 Å². The molecule has 0 N–H and O–H groups in total. The normalized spacial score (nSPS) is 14.0. The van der Waals surface area contributed by atoms with Gasteiger partial charge in [-0.05, 0) is 18.6 Å². The summed E-state index contributed by atoms with van der Waals surface area (Å²) < 4.78 is 0. The van der Waals surface area contributed by atoms with Crippen LogP contribution in [0.25, 0.3) is 0 Å². The van der Waals surface area contributed by atoms with Crippen LogP contribution < -0.4 is 4.90 Å². The van der Waals surface area contributed by atoms with Gasteiger partial charge < -0.3 is 0 Å². The van der Waals surface area contributed by atoms with E-state index in [-0.39, 0.29) is 6.54 Å². The summed E-state index contributed by atoms with van der Waals surface area (Å²) in [6, 6.07) is 7.04. The van der Waals surface area contributed by atoms with Crippen molar-refractivity contribution in [1.29, 1.82) is 5.26 Å². The minimum atomic E-state index is -0.610. The SMILES string of the molecule is Cc1cccc2c1N(CC#N)C(=O)C2=O. The number of nitrogens with zero attached hydrogens (tertiary/aromatic N) is 2. The summed E-state index contributed by atoms with van der Waals surface area (Å²) >= 11 is 0. The molecule has 0 saturated heterocycles. The number of hydrogen-bond donors (Lipinski definition) is 0. The topological polar surface area (TPSA) is 61.2 Å². The van der Waals surface area contributed by atoms with Gasteiger partial charge in [0.25, 0.3) is 11.7 Å². The maximum Gasteiger partial charge on any atom is 0.300 e. The molecule has 1 aliphatic heterocycles. The number of amides is 1. The first-order valence-electron chi connectivity index (χ1n) is 4.49. The molecule has 0 fully saturated rings. The Bertz CT molecular complexity index is 500. The molecule has 0 bridgehead atoms. The van der Waals surface area contributed by atoms with Gasteiger partial charge in [-0.3, -0.25) is 14.5 Å². The van der Waals surface area contributed by atoms with Crippen LogP contribution in [0.3, 0.4) is 0 Å². The Morgan fingerprint density at radius 3 is 2.80 bits per heavy atom. The zero-order chi connectivity index (χ0) is 11.0. The molecule has 0 aromatic heterocycles. The lowest BCUT2D eigenvalue weighted by atomic mass is 10.1. The van der Waals surface area contributed by atoms with E-state index in [0.717, 1.165) is 5.56 Å². The Kier molecular flexibility index (Phi) is 2.01. The van der Waals surface area contributed by atoms with Gasteiger partial charge in [-0.15, -0.1) is 0 Å². The Morgan fingerprint density at radius 2 is 2.13 bits per heavy atom. The van der Waals surface area contributed by atoms with Crippen LogP contribution in [0.4, 0.5) is 5.69 Å². The van der Waals surface area contributed by atoms with Crippen LogP contribution in [0.2, 0.25) is 0 Å². The van der Waals surface area contributed by atoms with Gasteiger partial charge in [-0.25, -0.2) is 0 Å². The number of ketones is 1. The average molecular weight is 200 g/mol. The lowest BCUT2D eigenvalue weighted by molar-refractivity contribution is -0.114. The molecule has 4 heteroatoms. The molecule has 4 nitrogen and oxygen atoms in total. The number of benzene rings is 1. The van der Waals surface area contributed by atoms with E-state index in [4.69, 9.17) is 5.26 Å². The molecule has 74 valence electrons. The maximum absolute atomic E-state index is 11.5. The van der Waals surface area contributed by atoms with Gasteiger partial charge in [0.15, 0.2) is 0 Å². The van der Waals surface area contributed by atoms with Crippen molar-refractivity contribution < 1.29 is 9.59 Å². The molecule has 0 aliphatic carbocycles. The molecule has 15 heavy (non-hydrogen) atoms. The zero-order valence-electron chi connectivity index (χ0n) is 8.15. The zero-order valence-corrected chi connectivity index (χ0v) is 8.15. The molecular weight excluding hydrogens is 192 g/mol. The van der Waals surface area contributed by atoms with Crippen LogP contribution >= 0.6 is 0 Å². The molecule has 0 atom stereocenters. The Hall–Kier alpha value is -2.15. The number of Topliss-reactive ketones (excluding diaryl/α,β-unsaturated/α-hetero) is 1. The van der Waals surface area contributed by atoms with Crippen molar-refractivity contribution in [3.05, 3.63) is 29.3 Å². The number of carbonyl (C=O) groups is 2. The van der Waals surface area contributed by atoms with Crippen molar-refractivity contribution in [3.8, 4) is 6.07 Å². The van der Waals surface area contributed by atoms with Crippen LogP contribution in [0.5, 0.6) is 0 Å². The smallest absolute Gasteiger partial charge is 0.291 e. The summed E-state index contributed by atoms with van der Waals surface area (Å²) in [6.07, 6.45) is 0. The summed E-state index contributed by atoms with van der Waals surface area (Å²) in [4.78, 5) is 24.3. The van der Waals surface area contributed by atoms with Crippen molar-refractivity contribution in [1.82, 2.24) is 0 Å². The fourth-order valence-electron chi connectivity index (χ4n) is 1.76. The summed E-state index contributed by atoms with van der Waals surface area (Å²) in [7, 11) is 0. The Labute approximate surface area is 86.7 Å². The third-order valence-corrected chi connectivity index (χ3v) is 2.42. The molecule has 1 amide bonds. The van der Waals surface area contributed by atoms with Gasteiger partial charge in [0.1, 0.15) is 6.54 Å². The molecule has 0 radical (unpaired) electrons. The van der Waals surface area contributed by atoms with Crippen molar-refractivity contribution >= 4 is 17.4 Å². The van der Waals surface area contributed by atoms with Gasteiger partial charge in [-0.1, -0.05) is 12.1 Å². The molecule has 2 rings (SSSR count). The highest BCUT2D eigenvalue weighted by Gasteiger charge is 2.36. The lowest BCUT2D eigenvalue weighted by Crippen LogP contribution is -2.30. The second kappa shape index (κ2) is 3.21. The van der Waals surface area contributed by atoms with E-state index >= 15 is 0 Å². The predicted octanol–water partition coefficient (Wildman–Crippen LogP) is 1.05. The second-order valence-corrected chi connectivity index (χ2v) is 3.35. The van der Waals surface area contributed by atoms with Crippen LogP contribution in [0.1, 0.15) is 15.9 Å². The van der Waals surface area contributed by atoms with E-state index < -0.39 is 11.7 Å². The fraction of sp³-hybridized carbons (Fsp3) is 0.182. The summed E-state index contributed by atoms with van der Waals surface area (Å²) in [5.41, 5.74) is 1.81. The number of para-hydroxylation sites is 1. The number of nitriles is 1. The number of hydrogen-bond acceptors (Lipinski definition) is 3. The first-order valence-corrected chi connectivity index (χ1v) is 4.49. The highest BCUT2D eigenvalue weighted by Crippen LogP contribution is 2.31. The van der Waals surface area contributed by atoms with Gasteiger partial charge in [0, 0.05) is 0 Å². The summed E-state index contributed by atoms with van der Waals surface area (Å²) in [5, 5.41) is 8.59. The molecule has 0 saturated carbocycles. The van der Waals surface area contributed by atoms with Crippen molar-refractivity contribution in [2.45, 2.75) is 6.92 Å². The Balaban J connectivity index is 2.63. The minimum absolute atomic E-state index is 0.0809. The third kappa shape index (κ3) is 1.21. The standard InChI is InChI=1S/C11H8N2O2/c1-7-3-2-4-8-9(7)13(6-5-12)11(15)10(8)14/h2-4H,6H2,1H3. The van der Waals surface area contributed by atoms with Gasteiger partial charge in [0.2, 0.25) is 0 Å². The van der Waals surface area contributed by atoms with Gasteiger partial charge in [0.05, 0.1) is 17.3 Å². The number of anilines is 1. The van der Waals surface area contributed by atoms with Crippen molar-refractivity contribution in [2.24, 2.45) is 0 Å². The largest absolute Gasteiger partial charge is 0.300 e. The van der Waals surface area contributed by atoms with E-state index in [0.29, 0.717) is 11.3 Å². The summed E-state index contributed by atoms with van der Waals surface area (Å²) in [6.45, 7) is 1.73. The molecule has 0 spiro atoms. The first-order chi connectivity index (χ1) is 7.16. The van der Waals surface area contributed by atoms with Crippen LogP contribution in [-0.2, 0) is 4.79 Å². The number of rotatable bonds is 1. The van der Waals surface area contributed by atoms with E-state index in [1.807, 2.05) is 19.1 Å². The van der Waals surface area contributed by atoms with E-state index in [1.54, 1.807) is 12.1 Å². The average Bonchev–Trinajstić information content (AvgIpc) is 2.46. The van der Waals surface area contributed by atoms with Gasteiger partial charge in [-0.2, -0.15) is 5.26 Å². The van der Waals surface area contributed by atoms with Crippen molar-refractivity contribution in [3.63, 3.8) is 0 Å². The highest BCUT2D eigenvalue weighted by atomic mass is 16.2. The van der Waals surface area contributed by atoms with Crippen LogP contribution in [-0.4, -0.2) is 18.2 Å². The summed E-state index contributed by atoms with van der Waals surface area (Å²) in [5.74, 6) is -1.13. The third-order valence-electron chi connectivity index (χ3n) is 2.42. The van der Waals surface area contributed by atoms with Gasteiger partial charge >= 0.3 is 0 Å². The fourth-order valence-corrected chi connectivity index (χ4v) is 1.76. The number of fused-ring (bicyclic) bond motifs is 1. The number of aryl methyl sites for hydroxylation is 1. The molecule has 0 unspecified atom stereocenters. The predicted molar refractivity (Wildman–Crippen MR) is 53.5 cm³/mol. The monoisotopic (exact) mass is 200 g/mol. The quantitative estimate of drug-likeness (QED) is 0.502. The molecule has 1 heterocycles. The van der Waals surface area contributed by atoms with E-state index in [1.165, 1.54) is 4.90 Å². The number of carbonyl (C=O) groups excluding carboxylic acids is 2.